The Bertz CT molecular complexity index is 4040. The average molecular weight is 956 g/mol. The van der Waals surface area contributed by atoms with Crippen LogP contribution < -0.4 is 13.9 Å². The summed E-state index contributed by atoms with van der Waals surface area (Å²) >= 11 is 0. The third-order valence-corrected chi connectivity index (χ3v) is 14.4. The minimum atomic E-state index is -0.285. The lowest BCUT2D eigenvalue weighted by Crippen LogP contribution is -2.17. The van der Waals surface area contributed by atoms with Crippen molar-refractivity contribution in [3.63, 3.8) is 0 Å². The Labute approximate surface area is 426 Å². The van der Waals surface area contributed by atoms with Crippen LogP contribution in [0.15, 0.2) is 188 Å². The Morgan fingerprint density at radius 3 is 1.82 bits per heavy atom. The van der Waals surface area contributed by atoms with Crippen LogP contribution in [0.1, 0.15) is 79.0 Å². The van der Waals surface area contributed by atoms with Crippen molar-refractivity contribution in [3.05, 3.63) is 211 Å². The highest BCUT2D eigenvalue weighted by Gasteiger charge is 2.40. The second-order valence-electron chi connectivity index (χ2n) is 22.6. The number of nitrogens with zero attached hydrogens (tertiary/aromatic N) is 5. The molecule has 8 aromatic carbocycles. The molecule has 11 aromatic rings. The number of aromatic nitrogens is 3. The number of para-hydroxylation sites is 3. The lowest BCUT2D eigenvalue weighted by atomic mass is 9.80. The van der Waals surface area contributed by atoms with Crippen LogP contribution in [-0.4, -0.2) is 20.1 Å². The molecular formula is C66H58FN5O+2. The molecule has 0 unspecified atom stereocenters. The van der Waals surface area contributed by atoms with E-state index in [9.17, 15) is 4.39 Å². The van der Waals surface area contributed by atoms with E-state index in [0.29, 0.717) is 11.5 Å². The van der Waals surface area contributed by atoms with Gasteiger partial charge in [-0.2, -0.15) is 0 Å². The lowest BCUT2D eigenvalue weighted by molar-refractivity contribution is 0.483. The predicted molar refractivity (Wildman–Crippen MR) is 302 cm³/mol. The highest BCUT2D eigenvalue weighted by Crippen LogP contribution is 2.46. The van der Waals surface area contributed by atoms with E-state index in [1.54, 1.807) is 6.07 Å². The SMILES string of the molecule is CC(C)(C)c1cc([N+]2=C=[N+](c3cccc(Oc4ccc5c6cc(F)ccc6n(-c6cc(C(C)(C)C)ccn6)c5c4)c3)c3cccc(-c4cccc(-n5c6ccccc6c6ccccc65)c4)c32)cc(C(C)(C)C)c1. The fraction of sp³-hybridized carbons (Fsp3) is 0.182. The third-order valence-electron chi connectivity index (χ3n) is 14.4. The first kappa shape index (κ1) is 45.7. The van der Waals surface area contributed by atoms with Crippen LogP contribution in [0.25, 0.3) is 66.2 Å². The van der Waals surface area contributed by atoms with E-state index < -0.39 is 0 Å². The molecule has 0 fully saturated rings. The summed E-state index contributed by atoms with van der Waals surface area (Å²) in [7, 11) is 0. The van der Waals surface area contributed by atoms with Crippen molar-refractivity contribution in [2.75, 3.05) is 0 Å². The van der Waals surface area contributed by atoms with E-state index >= 15 is 0 Å². The minimum Gasteiger partial charge on any atom is -0.457 e. The van der Waals surface area contributed by atoms with Crippen molar-refractivity contribution in [1.29, 1.82) is 0 Å². The molecular weight excluding hydrogens is 898 g/mol. The van der Waals surface area contributed by atoms with Crippen molar-refractivity contribution in [2.45, 2.75) is 78.6 Å². The Kier molecular flexibility index (Phi) is 10.6. The van der Waals surface area contributed by atoms with Gasteiger partial charge in [-0.05, 0) is 127 Å². The topological polar surface area (TPSA) is 38.0 Å². The number of halogens is 1. The molecule has 1 aliphatic heterocycles. The second kappa shape index (κ2) is 16.9. The zero-order valence-corrected chi connectivity index (χ0v) is 42.9. The van der Waals surface area contributed by atoms with E-state index in [2.05, 4.69) is 220 Å². The number of fused-ring (bicyclic) bond motifs is 7. The Balaban J connectivity index is 1.00. The first-order valence-electron chi connectivity index (χ1n) is 25.2. The first-order valence-corrected chi connectivity index (χ1v) is 25.2. The summed E-state index contributed by atoms with van der Waals surface area (Å²) in [6.45, 7) is 20.3. The first-order chi connectivity index (χ1) is 35.0. The van der Waals surface area contributed by atoms with Gasteiger partial charge in [0.2, 0.25) is 11.4 Å². The van der Waals surface area contributed by atoms with E-state index in [4.69, 9.17) is 9.72 Å². The van der Waals surface area contributed by atoms with Crippen molar-refractivity contribution in [3.8, 4) is 34.1 Å². The minimum absolute atomic E-state index is 0.0868. The van der Waals surface area contributed by atoms with Crippen LogP contribution in [0.5, 0.6) is 11.5 Å². The molecule has 0 saturated carbocycles. The van der Waals surface area contributed by atoms with Crippen molar-refractivity contribution in [1.82, 2.24) is 23.3 Å². The quantitative estimate of drug-likeness (QED) is 0.149. The van der Waals surface area contributed by atoms with Crippen LogP contribution in [0.2, 0.25) is 0 Å². The van der Waals surface area contributed by atoms with E-state index in [0.717, 1.165) is 72.8 Å². The lowest BCUT2D eigenvalue weighted by Gasteiger charge is -2.24. The van der Waals surface area contributed by atoms with Crippen molar-refractivity contribution < 1.29 is 9.13 Å². The van der Waals surface area contributed by atoms with Crippen LogP contribution in [0, 0.1) is 5.82 Å². The summed E-state index contributed by atoms with van der Waals surface area (Å²) in [6.07, 6.45) is 1.85. The number of hydrogen-bond acceptors (Lipinski definition) is 2. The molecule has 0 bridgehead atoms. The molecule has 0 amide bonds. The van der Waals surface area contributed by atoms with E-state index in [-0.39, 0.29) is 22.1 Å². The smallest absolute Gasteiger partial charge is 0.457 e. The Morgan fingerprint density at radius 1 is 0.466 bits per heavy atom. The maximum atomic E-state index is 14.9. The molecule has 0 radical (unpaired) electrons. The maximum absolute atomic E-state index is 14.9. The molecule has 73 heavy (non-hydrogen) atoms. The molecule has 0 saturated heterocycles. The standard InChI is InChI=1S/C66H58FN5O/c1-64(2,3)43-31-32-68-62(37-43)72-59-30-27-46(67)38-56(59)55-29-28-51(40-61(55)72)73-50-20-15-18-47(39-50)69-41-70(49-35-44(65(4,5)6)34-45(36-49)66(7,8)9)63-52(23-16-26-60(63)69)42-17-14-19-48(33-42)71-57-24-12-10-21-53(57)54-22-11-13-25-58(54)71/h10-40H,1-9H3/q+2. The van der Waals surface area contributed by atoms with Gasteiger partial charge in [0.15, 0.2) is 0 Å². The van der Waals surface area contributed by atoms with Gasteiger partial charge in [0.05, 0.1) is 33.7 Å². The Hall–Kier alpha value is -8.38. The Morgan fingerprint density at radius 2 is 1.11 bits per heavy atom. The molecule has 358 valence electrons. The summed E-state index contributed by atoms with van der Waals surface area (Å²) in [5, 5.41) is 4.19. The number of rotatable bonds is 7. The maximum Gasteiger partial charge on any atom is 0.503 e. The van der Waals surface area contributed by atoms with Crippen molar-refractivity contribution in [2.24, 2.45) is 0 Å². The van der Waals surface area contributed by atoms with Crippen LogP contribution in [-0.2, 0) is 16.2 Å². The van der Waals surface area contributed by atoms with Gasteiger partial charge in [0, 0.05) is 63.8 Å². The summed E-state index contributed by atoms with van der Waals surface area (Å²) in [5.41, 5.74) is 14.8. The molecule has 0 atom stereocenters. The highest BCUT2D eigenvalue weighted by atomic mass is 19.1. The van der Waals surface area contributed by atoms with E-state index in [1.807, 2.05) is 42.6 Å². The second-order valence-corrected chi connectivity index (χ2v) is 22.6. The molecule has 3 aromatic heterocycles. The zero-order chi connectivity index (χ0) is 50.6. The normalized spacial score (nSPS) is 13.0. The summed E-state index contributed by atoms with van der Waals surface area (Å²) in [6, 6.07) is 67.1. The van der Waals surface area contributed by atoms with Crippen LogP contribution in [0.3, 0.4) is 0 Å². The van der Waals surface area contributed by atoms with Gasteiger partial charge >= 0.3 is 11.7 Å². The van der Waals surface area contributed by atoms with Crippen molar-refractivity contribution >= 4 is 72.4 Å². The van der Waals surface area contributed by atoms with Crippen LogP contribution in [0.4, 0.5) is 27.1 Å². The zero-order valence-electron chi connectivity index (χ0n) is 42.9. The molecule has 6 nitrogen and oxygen atoms in total. The van der Waals surface area contributed by atoms with E-state index in [1.165, 1.54) is 39.0 Å². The molecule has 7 heteroatoms. The van der Waals surface area contributed by atoms with Crippen LogP contribution >= 0.6 is 0 Å². The van der Waals surface area contributed by atoms with Gasteiger partial charge in [-0.3, -0.25) is 4.57 Å². The highest BCUT2D eigenvalue weighted by molar-refractivity contribution is 6.10. The largest absolute Gasteiger partial charge is 0.503 e. The summed E-state index contributed by atoms with van der Waals surface area (Å²) < 4.78 is 30.6. The number of benzene rings is 8. The molecule has 1 aliphatic rings. The monoisotopic (exact) mass is 955 g/mol. The van der Waals surface area contributed by atoms with Gasteiger partial charge in [-0.25, -0.2) is 9.37 Å². The van der Waals surface area contributed by atoms with Gasteiger partial charge in [-0.1, -0.05) is 129 Å². The summed E-state index contributed by atoms with van der Waals surface area (Å²) in [5.74, 6) is 1.80. The predicted octanol–water partition coefficient (Wildman–Crippen LogP) is 17.6. The number of ether oxygens (including phenoxy) is 1. The number of hydrogen-bond donors (Lipinski definition) is 0. The summed E-state index contributed by atoms with van der Waals surface area (Å²) in [4.78, 5) is 4.84. The average Bonchev–Trinajstić information content (AvgIpc) is 4.04. The molecule has 0 N–H and O–H groups in total. The third kappa shape index (κ3) is 8.01. The van der Waals surface area contributed by atoms with Gasteiger partial charge in [0.25, 0.3) is 5.69 Å². The fourth-order valence-corrected chi connectivity index (χ4v) is 10.5. The molecule has 0 spiro atoms. The molecule has 0 aliphatic carbocycles. The fourth-order valence-electron chi connectivity index (χ4n) is 10.5. The molecule has 4 heterocycles. The number of pyridine rings is 1. The van der Waals surface area contributed by atoms with Gasteiger partial charge in [-0.15, -0.1) is 0 Å². The molecule has 12 rings (SSSR count). The van der Waals surface area contributed by atoms with Gasteiger partial charge in [0.1, 0.15) is 23.1 Å². The van der Waals surface area contributed by atoms with Gasteiger partial charge < -0.3 is 9.30 Å².